The molecule has 6 nitrogen and oxygen atoms in total. The molecule has 1 aromatic heterocycles. The average molecular weight is 402 g/mol. The zero-order valence-corrected chi connectivity index (χ0v) is 13.5. The first-order valence-corrected chi connectivity index (χ1v) is 7.01. The summed E-state index contributed by atoms with van der Waals surface area (Å²) < 4.78 is 44.2. The molecular formula is C13H9Cl2F4N3O3. The van der Waals surface area contributed by atoms with Crippen molar-refractivity contribution in [2.45, 2.75) is 11.8 Å². The van der Waals surface area contributed by atoms with E-state index in [9.17, 15) is 22.4 Å². The summed E-state index contributed by atoms with van der Waals surface area (Å²) in [6.07, 6.45) is -1.77. The maximum atomic E-state index is 12.5. The number of H-pyrrole nitrogens is 1. The lowest BCUT2D eigenvalue weighted by Crippen LogP contribution is -2.21. The molecule has 0 bridgehead atoms. The highest BCUT2D eigenvalue weighted by Crippen LogP contribution is 2.29. The molecule has 1 unspecified atom stereocenters. The lowest BCUT2D eigenvalue weighted by atomic mass is 10.1. The third-order valence-electron chi connectivity index (χ3n) is 2.49. The Bertz CT molecular complexity index is 737. The Labute approximate surface area is 147 Å². The number of aromatic nitrogens is 2. The van der Waals surface area contributed by atoms with Crippen molar-refractivity contribution in [3.63, 3.8) is 0 Å². The minimum absolute atomic E-state index is 0.376. The molecule has 0 aliphatic carbocycles. The molecule has 1 heterocycles. The number of carboxylic acid groups (broad SMARTS) is 1. The fourth-order valence-electron chi connectivity index (χ4n) is 1.42. The normalized spacial score (nSPS) is 11.9. The van der Waals surface area contributed by atoms with Crippen LogP contribution < -0.4 is 5.32 Å². The first-order chi connectivity index (χ1) is 11.5. The van der Waals surface area contributed by atoms with E-state index in [4.69, 9.17) is 33.1 Å². The number of carbonyl (C=O) groups is 2. The molecule has 25 heavy (non-hydrogen) atoms. The van der Waals surface area contributed by atoms with E-state index < -0.39 is 23.7 Å². The van der Waals surface area contributed by atoms with Crippen LogP contribution in [0.3, 0.4) is 0 Å². The molecule has 136 valence electrons. The summed E-state index contributed by atoms with van der Waals surface area (Å²) in [6.45, 7) is 0. The van der Waals surface area contributed by atoms with Crippen molar-refractivity contribution in [1.29, 1.82) is 0 Å². The van der Waals surface area contributed by atoms with E-state index in [-0.39, 0.29) is 0 Å². The minimum atomic E-state index is -5.08. The highest BCUT2D eigenvalue weighted by atomic mass is 35.5. The lowest BCUT2D eigenvalue weighted by Gasteiger charge is -2.07. The number of amides is 1. The first kappa shape index (κ1) is 20.7. The fourth-order valence-corrected chi connectivity index (χ4v) is 1.77. The molecule has 0 aliphatic heterocycles. The summed E-state index contributed by atoms with van der Waals surface area (Å²) in [5.41, 5.74) is -0.137. The zero-order valence-electron chi connectivity index (χ0n) is 11.9. The van der Waals surface area contributed by atoms with Gasteiger partial charge in [-0.15, -0.1) is 0 Å². The number of rotatable bonds is 3. The Morgan fingerprint density at radius 1 is 1.32 bits per heavy atom. The van der Waals surface area contributed by atoms with Crippen molar-refractivity contribution in [3.8, 4) is 11.1 Å². The predicted octanol–water partition coefficient (Wildman–Crippen LogP) is 3.84. The van der Waals surface area contributed by atoms with E-state index in [1.54, 1.807) is 24.5 Å². The molecule has 0 spiro atoms. The Morgan fingerprint density at radius 3 is 2.32 bits per heavy atom. The number of nitrogens with one attached hydrogen (secondary N) is 2. The molecular weight excluding hydrogens is 393 g/mol. The molecule has 1 amide bonds. The van der Waals surface area contributed by atoms with Gasteiger partial charge in [0.1, 0.15) is 0 Å². The number of aromatic amines is 1. The molecule has 1 aromatic carbocycles. The van der Waals surface area contributed by atoms with E-state index in [1.807, 2.05) is 0 Å². The number of nitrogens with zero attached hydrogens (tertiary/aromatic N) is 1. The van der Waals surface area contributed by atoms with Gasteiger partial charge in [0, 0.05) is 23.0 Å². The van der Waals surface area contributed by atoms with Gasteiger partial charge in [-0.2, -0.15) is 18.3 Å². The van der Waals surface area contributed by atoms with Crippen LogP contribution in [0.15, 0.2) is 30.6 Å². The number of hydrogen-bond donors (Lipinski definition) is 3. The number of carbonyl (C=O) groups excluding carboxylic acids is 1. The Morgan fingerprint density at radius 2 is 1.92 bits per heavy atom. The average Bonchev–Trinajstić information content (AvgIpc) is 3.00. The van der Waals surface area contributed by atoms with E-state index in [0.717, 1.165) is 11.1 Å². The molecule has 12 heteroatoms. The highest BCUT2D eigenvalue weighted by molar-refractivity contribution is 6.34. The van der Waals surface area contributed by atoms with Crippen LogP contribution >= 0.6 is 23.2 Å². The van der Waals surface area contributed by atoms with Crippen LogP contribution in [0.2, 0.25) is 5.02 Å². The smallest absolute Gasteiger partial charge is 0.475 e. The standard InChI is InChI=1S/C11H8Cl2FN3O.C2HF3O2/c12-9-3-7(17-11(18)10(13)14)1-2-8(9)6-4-15-16-5-6;3-2(4,5)1(6)7/h1-5,10H,(H,15,16)(H,17,18);(H,6,7). The number of benzene rings is 1. The van der Waals surface area contributed by atoms with Gasteiger partial charge in [0.25, 0.3) is 11.5 Å². The largest absolute Gasteiger partial charge is 0.490 e. The van der Waals surface area contributed by atoms with Crippen LogP contribution in [-0.2, 0) is 9.59 Å². The van der Waals surface area contributed by atoms with Crippen molar-refractivity contribution in [2.75, 3.05) is 5.32 Å². The second kappa shape index (κ2) is 8.67. The van der Waals surface area contributed by atoms with E-state index >= 15 is 0 Å². The molecule has 0 saturated heterocycles. The van der Waals surface area contributed by atoms with E-state index in [0.29, 0.717) is 10.7 Å². The maximum Gasteiger partial charge on any atom is 0.490 e. The second-order valence-electron chi connectivity index (χ2n) is 4.27. The number of anilines is 1. The summed E-state index contributed by atoms with van der Waals surface area (Å²) in [4.78, 5) is 20.0. The number of hydrogen-bond acceptors (Lipinski definition) is 3. The zero-order chi connectivity index (χ0) is 19.2. The Kier molecular flexibility index (Phi) is 7.19. The van der Waals surface area contributed by atoms with Crippen LogP contribution in [0.25, 0.3) is 11.1 Å². The molecule has 2 aromatic rings. The number of halogens is 6. The third-order valence-corrected chi connectivity index (χ3v) is 3.00. The quantitative estimate of drug-likeness (QED) is 0.537. The van der Waals surface area contributed by atoms with Crippen LogP contribution in [0.4, 0.5) is 23.2 Å². The molecule has 0 aliphatic rings. The van der Waals surface area contributed by atoms with Gasteiger partial charge in [0.15, 0.2) is 0 Å². The monoisotopic (exact) mass is 401 g/mol. The van der Waals surface area contributed by atoms with Gasteiger partial charge in [-0.1, -0.05) is 29.3 Å². The van der Waals surface area contributed by atoms with Crippen molar-refractivity contribution < 1.29 is 32.3 Å². The predicted molar refractivity (Wildman–Crippen MR) is 82.1 cm³/mol. The van der Waals surface area contributed by atoms with E-state index in [2.05, 4.69) is 15.5 Å². The number of aliphatic carboxylic acids is 1. The van der Waals surface area contributed by atoms with Crippen LogP contribution in [-0.4, -0.2) is 39.0 Å². The van der Waals surface area contributed by atoms with Gasteiger partial charge < -0.3 is 10.4 Å². The fraction of sp³-hybridized carbons (Fsp3) is 0.154. The van der Waals surface area contributed by atoms with Crippen molar-refractivity contribution in [1.82, 2.24) is 10.2 Å². The Hall–Kier alpha value is -2.33. The molecule has 0 radical (unpaired) electrons. The second-order valence-corrected chi connectivity index (χ2v) is 5.06. The summed E-state index contributed by atoms with van der Waals surface area (Å²) >= 11 is 11.1. The molecule has 0 saturated carbocycles. The lowest BCUT2D eigenvalue weighted by molar-refractivity contribution is -0.192. The van der Waals surface area contributed by atoms with Crippen molar-refractivity contribution in [2.24, 2.45) is 0 Å². The maximum absolute atomic E-state index is 12.5. The summed E-state index contributed by atoms with van der Waals surface area (Å²) in [5.74, 6) is -3.68. The van der Waals surface area contributed by atoms with Crippen LogP contribution in [0.5, 0.6) is 0 Å². The van der Waals surface area contributed by atoms with Gasteiger partial charge >= 0.3 is 12.1 Å². The topological polar surface area (TPSA) is 95.1 Å². The van der Waals surface area contributed by atoms with Gasteiger partial charge in [0.05, 0.1) is 11.2 Å². The van der Waals surface area contributed by atoms with Crippen LogP contribution in [0, 0.1) is 0 Å². The first-order valence-electron chi connectivity index (χ1n) is 6.20. The summed E-state index contributed by atoms with van der Waals surface area (Å²) in [5, 5.41) is 16.3. The van der Waals surface area contributed by atoms with Gasteiger partial charge in [-0.05, 0) is 12.1 Å². The summed E-state index contributed by atoms with van der Waals surface area (Å²) in [6, 6.07) is 4.82. The third kappa shape index (κ3) is 6.59. The SMILES string of the molecule is O=C(Nc1ccc(-c2cn[nH]c2)c(Cl)c1)C(F)Cl.O=C(O)C(F)(F)F. The molecule has 3 N–H and O–H groups in total. The number of alkyl halides is 5. The van der Waals surface area contributed by atoms with Crippen LogP contribution in [0.1, 0.15) is 0 Å². The Balaban J connectivity index is 0.000000381. The number of carboxylic acids is 1. The van der Waals surface area contributed by atoms with Gasteiger partial charge in [-0.25, -0.2) is 9.18 Å². The summed E-state index contributed by atoms with van der Waals surface area (Å²) in [7, 11) is 0. The van der Waals surface area contributed by atoms with Crippen molar-refractivity contribution in [3.05, 3.63) is 35.6 Å². The van der Waals surface area contributed by atoms with E-state index in [1.165, 1.54) is 6.07 Å². The molecule has 2 rings (SSSR count). The van der Waals surface area contributed by atoms with Crippen molar-refractivity contribution >= 4 is 40.8 Å². The van der Waals surface area contributed by atoms with Gasteiger partial charge in [0.2, 0.25) is 0 Å². The molecule has 0 fully saturated rings. The minimum Gasteiger partial charge on any atom is -0.475 e. The molecule has 1 atom stereocenters. The van der Waals surface area contributed by atoms with Gasteiger partial charge in [-0.3, -0.25) is 9.89 Å². The highest BCUT2D eigenvalue weighted by Gasteiger charge is 2.38.